The maximum atomic E-state index is 13.4. The van der Waals surface area contributed by atoms with Crippen molar-refractivity contribution in [2.75, 3.05) is 12.4 Å². The normalized spacial score (nSPS) is 11.4. The van der Waals surface area contributed by atoms with Gasteiger partial charge >= 0.3 is 29.6 Å². The number of halogens is 2. The van der Waals surface area contributed by atoms with Crippen LogP contribution in [0.4, 0.5) is 17.1 Å². The summed E-state index contributed by atoms with van der Waals surface area (Å²) >= 11 is 12.3. The number of carbonyl (C=O) groups excluding carboxylic acids is 1. The number of azo groups is 1. The van der Waals surface area contributed by atoms with Crippen molar-refractivity contribution in [2.24, 2.45) is 10.2 Å². The van der Waals surface area contributed by atoms with E-state index in [2.05, 4.69) is 15.5 Å². The van der Waals surface area contributed by atoms with Gasteiger partial charge in [-0.1, -0.05) is 60.1 Å². The topological polar surface area (TPSA) is 140 Å². The molecule has 1 amide bonds. The number of carbonyl (C=O) groups is 1. The second-order valence-electron chi connectivity index (χ2n) is 8.10. The summed E-state index contributed by atoms with van der Waals surface area (Å²) in [5.74, 6) is -0.947. The van der Waals surface area contributed by atoms with E-state index in [1.165, 1.54) is 25.3 Å². The summed E-state index contributed by atoms with van der Waals surface area (Å²) in [4.78, 5) is 12.8. The molecule has 0 heterocycles. The summed E-state index contributed by atoms with van der Waals surface area (Å²) in [6.07, 6.45) is 0.258. The van der Waals surface area contributed by atoms with Crippen molar-refractivity contribution >= 4 is 67.1 Å². The molecule has 4 rings (SSSR count). The third kappa shape index (κ3) is 6.90. The van der Waals surface area contributed by atoms with E-state index in [4.69, 9.17) is 27.9 Å². The van der Waals surface area contributed by atoms with Crippen molar-refractivity contribution in [2.45, 2.75) is 18.2 Å². The number of hydrogen-bond acceptors (Lipinski definition) is 7. The molecule has 0 saturated heterocycles. The Balaban J connectivity index is 0.00000420. The number of anilines is 1. The van der Waals surface area contributed by atoms with Crippen LogP contribution in [0.5, 0.6) is 11.5 Å². The molecule has 0 fully saturated rings. The van der Waals surface area contributed by atoms with E-state index in [-0.39, 0.29) is 68.4 Å². The molecule has 39 heavy (non-hydrogen) atoms. The van der Waals surface area contributed by atoms with Crippen molar-refractivity contribution in [1.82, 2.24) is 0 Å². The van der Waals surface area contributed by atoms with Gasteiger partial charge in [0.05, 0.1) is 22.7 Å². The van der Waals surface area contributed by atoms with Gasteiger partial charge in [-0.25, -0.2) is 0 Å². The van der Waals surface area contributed by atoms with Crippen LogP contribution in [-0.2, 0) is 16.5 Å². The van der Waals surface area contributed by atoms with Crippen LogP contribution in [0.3, 0.4) is 0 Å². The Morgan fingerprint density at radius 3 is 2.46 bits per heavy atom. The Morgan fingerprint density at radius 2 is 1.79 bits per heavy atom. The van der Waals surface area contributed by atoms with Gasteiger partial charge in [0.1, 0.15) is 11.4 Å². The Morgan fingerprint density at radius 1 is 1.08 bits per heavy atom. The molecule has 0 unspecified atom stereocenters. The molecule has 0 radical (unpaired) electrons. The first-order chi connectivity index (χ1) is 18.0. The number of benzene rings is 4. The van der Waals surface area contributed by atoms with Crippen molar-refractivity contribution in [3.63, 3.8) is 0 Å². The molecule has 0 aliphatic heterocycles. The molecular weight excluding hydrogens is 576 g/mol. The minimum atomic E-state index is -4.50. The van der Waals surface area contributed by atoms with E-state index in [9.17, 15) is 22.9 Å². The Bertz CT molecular complexity index is 1710. The molecule has 0 spiro atoms. The van der Waals surface area contributed by atoms with Gasteiger partial charge in [0.15, 0.2) is 0 Å². The molecule has 2 N–H and O–H groups in total. The average molecular weight is 596 g/mol. The number of nitrogens with zero attached hydrogens (tertiary/aromatic N) is 2. The monoisotopic (exact) mass is 595 g/mol. The third-order valence-corrected chi connectivity index (χ3v) is 7.09. The minimum absolute atomic E-state index is 0. The third-order valence-electron chi connectivity index (χ3n) is 5.63. The van der Waals surface area contributed by atoms with E-state index in [0.29, 0.717) is 27.2 Å². The number of hydrogen-bond donors (Lipinski definition) is 2. The molecular formula is C26H20Cl2N3NaO6S. The van der Waals surface area contributed by atoms with Crippen molar-refractivity contribution in [1.29, 1.82) is 0 Å². The maximum Gasteiger partial charge on any atom is 1.00 e. The summed E-state index contributed by atoms with van der Waals surface area (Å²) in [7, 11) is -3.05. The number of aryl methyl sites for hydroxylation is 1. The quantitative estimate of drug-likeness (QED) is 0.189. The molecule has 0 aromatic heterocycles. The Labute approximate surface area is 256 Å². The number of fused-ring (bicyclic) bond motifs is 1. The maximum absolute atomic E-state index is 13.4. The molecule has 0 atom stereocenters. The fourth-order valence-electron chi connectivity index (χ4n) is 3.81. The van der Waals surface area contributed by atoms with Gasteiger partial charge in [0.2, 0.25) is 0 Å². The molecule has 13 heteroatoms. The molecule has 0 saturated carbocycles. The van der Waals surface area contributed by atoms with Gasteiger partial charge in [0.25, 0.3) is 16.0 Å². The first-order valence-electron chi connectivity index (χ1n) is 11.1. The Kier molecular flexibility index (Phi) is 10.0. The first-order valence-corrected chi connectivity index (χ1v) is 13.3. The van der Waals surface area contributed by atoms with Crippen LogP contribution in [0.2, 0.25) is 10.0 Å². The van der Waals surface area contributed by atoms with E-state index >= 15 is 0 Å². The van der Waals surface area contributed by atoms with Crippen LogP contribution in [0.1, 0.15) is 22.8 Å². The van der Waals surface area contributed by atoms with E-state index < -0.39 is 21.8 Å². The summed E-state index contributed by atoms with van der Waals surface area (Å²) < 4.78 is 38.0. The standard InChI is InChI=1S/C26H21Cl2N3O6S.Na/c1-3-14-9-22(21(28)13-23(14)38(34,35)36)30-31-24-19-7-5-4-6-15(19)8-20(25(24)32)26(33)29-17-10-16(27)11-18(12-17)37-2;/h4-13,32H,3H2,1-2H3,(H,29,33)(H,34,35,36);/q;+1/p-1. The second-order valence-corrected chi connectivity index (χ2v) is 10.3. The number of nitrogens with one attached hydrogen (secondary N) is 1. The van der Waals surface area contributed by atoms with Gasteiger partial charge < -0.3 is 15.2 Å². The van der Waals surface area contributed by atoms with Crippen LogP contribution in [0.25, 0.3) is 10.8 Å². The SMILES string of the molecule is CCc1cc(N=Nc2c([O-])c(C(=O)Nc3cc(Cl)cc(OC)c3)cc3ccccc23)c(Cl)cc1S(=O)(=O)O.[Na+]. The zero-order valence-electron chi connectivity index (χ0n) is 21.0. The number of amides is 1. The molecule has 4 aromatic rings. The number of ether oxygens (including phenoxy) is 1. The van der Waals surface area contributed by atoms with Gasteiger partial charge in [-0.2, -0.15) is 13.5 Å². The second kappa shape index (κ2) is 12.6. The fraction of sp³-hybridized carbons (Fsp3) is 0.115. The van der Waals surface area contributed by atoms with Crippen LogP contribution in [0, 0.1) is 0 Å². The predicted molar refractivity (Wildman–Crippen MR) is 144 cm³/mol. The first kappa shape index (κ1) is 30.8. The minimum Gasteiger partial charge on any atom is -0.870 e. The van der Waals surface area contributed by atoms with Crippen LogP contribution in [0.15, 0.2) is 75.8 Å². The molecule has 0 aliphatic rings. The molecule has 4 aromatic carbocycles. The van der Waals surface area contributed by atoms with Crippen LogP contribution < -0.4 is 44.7 Å². The molecule has 0 aliphatic carbocycles. The smallest absolute Gasteiger partial charge is 0.870 e. The van der Waals surface area contributed by atoms with Crippen molar-refractivity contribution in [3.05, 3.63) is 81.8 Å². The molecule has 196 valence electrons. The average Bonchev–Trinajstić information content (AvgIpc) is 2.87. The van der Waals surface area contributed by atoms with E-state index in [1.807, 2.05) is 0 Å². The van der Waals surface area contributed by atoms with Crippen LogP contribution in [-0.4, -0.2) is 26.0 Å². The van der Waals surface area contributed by atoms with Crippen LogP contribution >= 0.6 is 23.2 Å². The predicted octanol–water partition coefficient (Wildman–Crippen LogP) is 3.71. The Hall–Kier alpha value is -2.70. The summed E-state index contributed by atoms with van der Waals surface area (Å²) in [5.41, 5.74) is 0.389. The van der Waals surface area contributed by atoms with Gasteiger partial charge in [-0.15, -0.1) is 5.11 Å². The number of rotatable bonds is 7. The van der Waals surface area contributed by atoms with E-state index in [0.717, 1.165) is 6.07 Å². The van der Waals surface area contributed by atoms with Gasteiger partial charge in [-0.05, 0) is 47.7 Å². The molecule has 9 nitrogen and oxygen atoms in total. The summed E-state index contributed by atoms with van der Waals surface area (Å²) in [6, 6.07) is 15.4. The van der Waals surface area contributed by atoms with E-state index in [1.54, 1.807) is 43.3 Å². The van der Waals surface area contributed by atoms with Crippen molar-refractivity contribution < 1.29 is 57.2 Å². The zero-order valence-corrected chi connectivity index (χ0v) is 25.4. The van der Waals surface area contributed by atoms with Crippen molar-refractivity contribution in [3.8, 4) is 11.5 Å². The van der Waals surface area contributed by atoms with Gasteiger partial charge in [-0.3, -0.25) is 9.35 Å². The largest absolute Gasteiger partial charge is 1.00 e. The zero-order chi connectivity index (χ0) is 27.6. The summed E-state index contributed by atoms with van der Waals surface area (Å²) in [6.45, 7) is 1.69. The summed E-state index contributed by atoms with van der Waals surface area (Å²) in [5, 5.41) is 25.5. The fourth-order valence-corrected chi connectivity index (χ4v) is 5.10. The molecule has 0 bridgehead atoms. The number of methoxy groups -OCH3 is 1. The van der Waals surface area contributed by atoms with Gasteiger partial charge in [0, 0.05) is 27.7 Å².